The zero-order chi connectivity index (χ0) is 18.5. The first kappa shape index (κ1) is 20.7. The molecule has 1 aromatic rings. The molecule has 0 N–H and O–H groups in total. The standard InChI is InChI=1S/C14H12F8OS/c15-9(10(16)13(18,19)12(17)14(20,21)22)6-7-24-11(23)8-4-2-1-3-5-8/h1-5,9-10,12H,6-7H2. The Hall–Kier alpha value is -1.32. The molecule has 3 atom stereocenters. The second-order valence-electron chi connectivity index (χ2n) is 4.79. The maximum atomic E-state index is 13.4. The Kier molecular flexibility index (Phi) is 7.06. The predicted molar refractivity (Wildman–Crippen MR) is 73.5 cm³/mol. The van der Waals surface area contributed by atoms with Gasteiger partial charge in [0.1, 0.15) is 6.17 Å². The molecule has 0 aliphatic rings. The van der Waals surface area contributed by atoms with Gasteiger partial charge in [0, 0.05) is 11.3 Å². The largest absolute Gasteiger partial charge is 0.425 e. The number of thioether (sulfide) groups is 1. The molecular formula is C14H12F8OS. The Morgan fingerprint density at radius 2 is 1.54 bits per heavy atom. The van der Waals surface area contributed by atoms with Crippen LogP contribution in [0, 0.1) is 0 Å². The number of benzene rings is 1. The lowest BCUT2D eigenvalue weighted by Gasteiger charge is -2.27. The molecule has 3 unspecified atom stereocenters. The van der Waals surface area contributed by atoms with Gasteiger partial charge in [-0.05, 0) is 6.42 Å². The van der Waals surface area contributed by atoms with E-state index in [0.717, 1.165) is 0 Å². The van der Waals surface area contributed by atoms with Gasteiger partial charge in [-0.25, -0.2) is 13.2 Å². The summed E-state index contributed by atoms with van der Waals surface area (Å²) in [6, 6.07) is 7.59. The average molecular weight is 380 g/mol. The van der Waals surface area contributed by atoms with E-state index in [2.05, 4.69) is 0 Å². The fourth-order valence-corrected chi connectivity index (χ4v) is 2.50. The molecule has 1 nitrogen and oxygen atoms in total. The van der Waals surface area contributed by atoms with Gasteiger partial charge in [0.05, 0.1) is 0 Å². The van der Waals surface area contributed by atoms with Crippen molar-refractivity contribution in [1.82, 2.24) is 0 Å². The van der Waals surface area contributed by atoms with Crippen molar-refractivity contribution in [1.29, 1.82) is 0 Å². The van der Waals surface area contributed by atoms with Gasteiger partial charge in [0.15, 0.2) is 6.17 Å². The highest BCUT2D eigenvalue weighted by atomic mass is 32.2. The van der Waals surface area contributed by atoms with E-state index >= 15 is 0 Å². The second kappa shape index (κ2) is 8.17. The summed E-state index contributed by atoms with van der Waals surface area (Å²) in [4.78, 5) is 11.6. The number of rotatable bonds is 7. The summed E-state index contributed by atoms with van der Waals surface area (Å²) in [7, 11) is 0. The molecule has 24 heavy (non-hydrogen) atoms. The normalized spacial score (nSPS) is 16.5. The van der Waals surface area contributed by atoms with E-state index in [1.54, 1.807) is 18.2 Å². The lowest BCUT2D eigenvalue weighted by molar-refractivity contribution is -0.264. The van der Waals surface area contributed by atoms with Gasteiger partial charge in [0.25, 0.3) is 6.17 Å². The monoisotopic (exact) mass is 380 g/mol. The van der Waals surface area contributed by atoms with E-state index in [9.17, 15) is 39.9 Å². The smallest absolute Gasteiger partial charge is 0.282 e. The molecule has 10 heteroatoms. The molecule has 0 amide bonds. The Morgan fingerprint density at radius 3 is 2.04 bits per heavy atom. The van der Waals surface area contributed by atoms with Gasteiger partial charge in [-0.15, -0.1) is 0 Å². The van der Waals surface area contributed by atoms with Gasteiger partial charge >= 0.3 is 12.1 Å². The maximum Gasteiger partial charge on any atom is 0.425 e. The van der Waals surface area contributed by atoms with E-state index in [4.69, 9.17) is 0 Å². The van der Waals surface area contributed by atoms with Crippen LogP contribution in [0.4, 0.5) is 35.1 Å². The molecular weight excluding hydrogens is 368 g/mol. The van der Waals surface area contributed by atoms with Crippen LogP contribution in [0.1, 0.15) is 16.8 Å². The molecule has 136 valence electrons. The first-order valence-corrected chi connectivity index (χ1v) is 7.55. The fourth-order valence-electron chi connectivity index (χ4n) is 1.67. The predicted octanol–water partition coefficient (Wildman–Crippen LogP) is 5.16. The highest BCUT2D eigenvalue weighted by Gasteiger charge is 2.62. The molecule has 0 saturated carbocycles. The van der Waals surface area contributed by atoms with E-state index < -0.39 is 47.9 Å². The average Bonchev–Trinajstić information content (AvgIpc) is 2.52. The van der Waals surface area contributed by atoms with Crippen molar-refractivity contribution in [2.24, 2.45) is 0 Å². The van der Waals surface area contributed by atoms with E-state index in [1.807, 2.05) is 0 Å². The van der Waals surface area contributed by atoms with Crippen molar-refractivity contribution in [3.8, 4) is 0 Å². The molecule has 1 aromatic carbocycles. The molecule has 0 aliphatic heterocycles. The lowest BCUT2D eigenvalue weighted by Crippen LogP contribution is -2.51. The highest BCUT2D eigenvalue weighted by molar-refractivity contribution is 8.14. The molecule has 0 radical (unpaired) electrons. The minimum absolute atomic E-state index is 0.237. The van der Waals surface area contributed by atoms with Gasteiger partial charge in [0.2, 0.25) is 5.12 Å². The number of hydrogen-bond donors (Lipinski definition) is 0. The van der Waals surface area contributed by atoms with E-state index in [0.29, 0.717) is 11.8 Å². The van der Waals surface area contributed by atoms with Crippen LogP contribution in [-0.4, -0.2) is 41.5 Å². The van der Waals surface area contributed by atoms with Crippen LogP contribution in [0.2, 0.25) is 0 Å². The summed E-state index contributed by atoms with van der Waals surface area (Å²) in [5.41, 5.74) is 0.237. The van der Waals surface area contributed by atoms with Crippen molar-refractivity contribution in [3.63, 3.8) is 0 Å². The van der Waals surface area contributed by atoms with Crippen molar-refractivity contribution < 1.29 is 39.9 Å². The first-order valence-electron chi connectivity index (χ1n) is 6.56. The highest BCUT2D eigenvalue weighted by Crippen LogP contribution is 2.40. The van der Waals surface area contributed by atoms with Gasteiger partial charge in [-0.2, -0.15) is 22.0 Å². The lowest BCUT2D eigenvalue weighted by atomic mass is 10.0. The van der Waals surface area contributed by atoms with Crippen LogP contribution in [0.25, 0.3) is 0 Å². The third kappa shape index (κ3) is 5.35. The summed E-state index contributed by atoms with van der Waals surface area (Å²) in [6.07, 6.45) is -18.8. The van der Waals surface area contributed by atoms with Gasteiger partial charge < -0.3 is 0 Å². The zero-order valence-corrected chi connectivity index (χ0v) is 12.7. The maximum absolute atomic E-state index is 13.4. The minimum atomic E-state index is -6.01. The van der Waals surface area contributed by atoms with Crippen molar-refractivity contribution in [2.45, 2.75) is 37.0 Å². The van der Waals surface area contributed by atoms with Crippen LogP contribution in [0.5, 0.6) is 0 Å². The van der Waals surface area contributed by atoms with E-state index in [1.165, 1.54) is 12.1 Å². The molecule has 0 fully saturated rings. The van der Waals surface area contributed by atoms with Crippen molar-refractivity contribution >= 4 is 16.9 Å². The molecule has 0 saturated heterocycles. The quantitative estimate of drug-likeness (QED) is 0.608. The van der Waals surface area contributed by atoms with Crippen molar-refractivity contribution in [3.05, 3.63) is 35.9 Å². The molecule has 1 rings (SSSR count). The number of alkyl halides is 8. The van der Waals surface area contributed by atoms with E-state index in [-0.39, 0.29) is 5.56 Å². The number of hydrogen-bond acceptors (Lipinski definition) is 2. The number of carbonyl (C=O) groups is 1. The summed E-state index contributed by atoms with van der Waals surface area (Å²) in [5.74, 6) is -6.00. The molecule has 0 aliphatic carbocycles. The SMILES string of the molecule is O=C(SCCC(F)C(F)C(F)(F)C(F)C(F)(F)F)c1ccccc1. The summed E-state index contributed by atoms with van der Waals surface area (Å²) >= 11 is 0.493. The topological polar surface area (TPSA) is 17.1 Å². The third-order valence-electron chi connectivity index (χ3n) is 2.95. The first-order chi connectivity index (χ1) is 11.0. The molecule has 0 spiro atoms. The number of halogens is 8. The van der Waals surface area contributed by atoms with Gasteiger partial charge in [-0.1, -0.05) is 42.1 Å². The van der Waals surface area contributed by atoms with Crippen LogP contribution >= 0.6 is 11.8 Å². The fraction of sp³-hybridized carbons (Fsp3) is 0.500. The summed E-state index contributed by atoms with van der Waals surface area (Å²) in [6.45, 7) is 0. The molecule has 0 aromatic heterocycles. The Bertz CT molecular complexity index is 533. The minimum Gasteiger partial charge on any atom is -0.282 e. The molecule has 0 heterocycles. The molecule has 0 bridgehead atoms. The Labute approximate surface area is 136 Å². The van der Waals surface area contributed by atoms with Crippen LogP contribution in [0.15, 0.2) is 30.3 Å². The van der Waals surface area contributed by atoms with Crippen LogP contribution < -0.4 is 0 Å². The third-order valence-corrected chi connectivity index (χ3v) is 3.88. The van der Waals surface area contributed by atoms with Gasteiger partial charge in [-0.3, -0.25) is 4.79 Å². The van der Waals surface area contributed by atoms with Crippen molar-refractivity contribution in [2.75, 3.05) is 5.75 Å². The zero-order valence-electron chi connectivity index (χ0n) is 11.9. The Morgan fingerprint density at radius 1 is 1.00 bits per heavy atom. The number of carbonyl (C=O) groups excluding carboxylic acids is 1. The van der Waals surface area contributed by atoms with Crippen LogP contribution in [0.3, 0.4) is 0 Å². The summed E-state index contributed by atoms with van der Waals surface area (Å²) < 4.78 is 101. The second-order valence-corrected chi connectivity index (χ2v) is 5.85. The van der Waals surface area contributed by atoms with Crippen LogP contribution in [-0.2, 0) is 0 Å². The Balaban J connectivity index is 2.55. The summed E-state index contributed by atoms with van der Waals surface area (Å²) in [5, 5.41) is -0.538.